The van der Waals surface area contributed by atoms with E-state index in [2.05, 4.69) is 0 Å². The Labute approximate surface area is 159 Å². The molecule has 0 radical (unpaired) electrons. The molecule has 9 heteroatoms. The van der Waals surface area contributed by atoms with E-state index < -0.39 is 43.9 Å². The van der Waals surface area contributed by atoms with Crippen LogP contribution in [0.4, 0.5) is 4.39 Å². The molecule has 0 unspecified atom stereocenters. The molecule has 148 valence electrons. The van der Waals surface area contributed by atoms with Crippen molar-refractivity contribution in [3.63, 3.8) is 0 Å². The molecule has 4 N–H and O–H groups in total. The van der Waals surface area contributed by atoms with Crippen LogP contribution >= 0.6 is 12.4 Å². The van der Waals surface area contributed by atoms with Gasteiger partial charge in [-0.15, -0.1) is 12.4 Å². The first-order valence-electron chi connectivity index (χ1n) is 8.19. The molecule has 0 bridgehead atoms. The van der Waals surface area contributed by atoms with Crippen LogP contribution in [0.15, 0.2) is 24.3 Å². The predicted octanol–water partition coefficient (Wildman–Crippen LogP) is 2.00. The molecule has 0 saturated carbocycles. The number of hydrogen-bond acceptors (Lipinski definition) is 5. The van der Waals surface area contributed by atoms with E-state index in [0.717, 1.165) is 12.1 Å². The molecule has 0 aliphatic heterocycles. The quantitative estimate of drug-likeness (QED) is 0.453. The van der Waals surface area contributed by atoms with E-state index in [1.54, 1.807) is 0 Å². The van der Waals surface area contributed by atoms with Crippen molar-refractivity contribution in [1.82, 2.24) is 0 Å². The molecule has 0 saturated heterocycles. The normalized spacial score (nSPS) is 13.7. The van der Waals surface area contributed by atoms with E-state index in [-0.39, 0.29) is 18.0 Å². The number of ketones is 1. The summed E-state index contributed by atoms with van der Waals surface area (Å²) in [5.41, 5.74) is 8.48. The van der Waals surface area contributed by atoms with Crippen LogP contribution in [0, 0.1) is 5.82 Å². The second kappa shape index (κ2) is 9.99. The minimum absolute atomic E-state index is 0. The average Bonchev–Trinajstić information content (AvgIpc) is 2.53. The lowest BCUT2D eigenvalue weighted by atomic mass is 9.91. The first-order chi connectivity index (χ1) is 11.6. The average molecular weight is 409 g/mol. The Kier molecular flexibility index (Phi) is 9.41. The van der Waals surface area contributed by atoms with Crippen molar-refractivity contribution in [3.8, 4) is 0 Å². The Bertz CT molecular complexity index is 736. The standard InChI is InChI=1S/C17H25FN2O4S.ClH/c1-3-6-14(7-4-2)25(23,24)11-17(20,16(19)22)15(21)12-8-5-9-13(18)10-12;/h5,8-10,14H,3-4,6-7,11,20H2,1-2H3,(H2,19,22);1H/t17-;/m0./s1. The van der Waals surface area contributed by atoms with Crippen LogP contribution in [0.3, 0.4) is 0 Å². The zero-order valence-corrected chi connectivity index (χ0v) is 16.5. The van der Waals surface area contributed by atoms with Gasteiger partial charge < -0.3 is 11.5 Å². The molecule has 0 aliphatic rings. The number of rotatable bonds is 10. The summed E-state index contributed by atoms with van der Waals surface area (Å²) in [5, 5.41) is -0.704. The lowest BCUT2D eigenvalue weighted by Gasteiger charge is -2.27. The van der Waals surface area contributed by atoms with Crippen molar-refractivity contribution in [2.24, 2.45) is 11.5 Å². The second-order valence-corrected chi connectivity index (χ2v) is 8.46. The summed E-state index contributed by atoms with van der Waals surface area (Å²) in [6, 6.07) is 4.55. The molecular formula is C17H26ClFN2O4S. The van der Waals surface area contributed by atoms with Crippen molar-refractivity contribution in [2.45, 2.75) is 50.3 Å². The molecule has 0 aromatic heterocycles. The van der Waals surface area contributed by atoms with Crippen molar-refractivity contribution in [1.29, 1.82) is 0 Å². The summed E-state index contributed by atoms with van der Waals surface area (Å²) >= 11 is 0. The molecule has 6 nitrogen and oxygen atoms in total. The summed E-state index contributed by atoms with van der Waals surface area (Å²) in [4.78, 5) is 24.5. The minimum Gasteiger partial charge on any atom is -0.368 e. The molecule has 1 aromatic carbocycles. The Morgan fingerprint density at radius 1 is 1.19 bits per heavy atom. The lowest BCUT2D eigenvalue weighted by Crippen LogP contribution is -2.63. The largest absolute Gasteiger partial charge is 0.368 e. The van der Waals surface area contributed by atoms with Gasteiger partial charge in [0, 0.05) is 5.56 Å². The smallest absolute Gasteiger partial charge is 0.246 e. The highest BCUT2D eigenvalue weighted by Crippen LogP contribution is 2.22. The van der Waals surface area contributed by atoms with E-state index in [9.17, 15) is 22.4 Å². The van der Waals surface area contributed by atoms with Crippen LogP contribution in [0.5, 0.6) is 0 Å². The maximum atomic E-state index is 13.4. The van der Waals surface area contributed by atoms with E-state index in [4.69, 9.17) is 11.5 Å². The molecule has 1 amide bonds. The number of amides is 1. The van der Waals surface area contributed by atoms with E-state index >= 15 is 0 Å². The summed E-state index contributed by atoms with van der Waals surface area (Å²) in [5.74, 6) is -3.85. The Morgan fingerprint density at radius 2 is 1.73 bits per heavy atom. The van der Waals surface area contributed by atoms with Gasteiger partial charge in [0.05, 0.1) is 11.0 Å². The third kappa shape index (κ3) is 5.75. The van der Waals surface area contributed by atoms with Crippen LogP contribution in [-0.2, 0) is 14.6 Å². The Hall–Kier alpha value is -1.51. The zero-order valence-electron chi connectivity index (χ0n) is 14.9. The Balaban J connectivity index is 0.00000625. The number of primary amides is 1. The van der Waals surface area contributed by atoms with Crippen LogP contribution in [0.2, 0.25) is 0 Å². The second-order valence-electron chi connectivity index (χ2n) is 6.18. The van der Waals surface area contributed by atoms with Crippen molar-refractivity contribution < 1.29 is 22.4 Å². The van der Waals surface area contributed by atoms with Gasteiger partial charge in [-0.2, -0.15) is 0 Å². The van der Waals surface area contributed by atoms with Crippen LogP contribution < -0.4 is 11.5 Å². The molecule has 0 spiro atoms. The van der Waals surface area contributed by atoms with Crippen LogP contribution in [0.25, 0.3) is 0 Å². The molecule has 26 heavy (non-hydrogen) atoms. The molecule has 0 aliphatic carbocycles. The highest BCUT2D eigenvalue weighted by molar-refractivity contribution is 7.92. The van der Waals surface area contributed by atoms with Gasteiger partial charge in [-0.3, -0.25) is 9.59 Å². The number of hydrogen-bond donors (Lipinski definition) is 2. The maximum Gasteiger partial charge on any atom is 0.246 e. The number of Topliss-reactive ketones (excluding diaryl/α,β-unsaturated/α-hetero) is 1. The van der Waals surface area contributed by atoms with Crippen LogP contribution in [0.1, 0.15) is 49.9 Å². The fraction of sp³-hybridized carbons (Fsp3) is 0.529. The van der Waals surface area contributed by atoms with E-state index in [0.29, 0.717) is 25.7 Å². The molecule has 0 fully saturated rings. The van der Waals surface area contributed by atoms with Gasteiger partial charge >= 0.3 is 0 Å². The van der Waals surface area contributed by atoms with Crippen molar-refractivity contribution >= 4 is 33.9 Å². The molecule has 0 heterocycles. The van der Waals surface area contributed by atoms with Crippen LogP contribution in [-0.4, -0.2) is 36.6 Å². The summed E-state index contributed by atoms with van der Waals surface area (Å²) in [6.45, 7) is 3.69. The third-order valence-electron chi connectivity index (χ3n) is 4.09. The summed E-state index contributed by atoms with van der Waals surface area (Å²) < 4.78 is 38.8. The lowest BCUT2D eigenvalue weighted by molar-refractivity contribution is -0.120. The maximum absolute atomic E-state index is 13.4. The van der Waals surface area contributed by atoms with Gasteiger partial charge in [0.15, 0.2) is 21.2 Å². The van der Waals surface area contributed by atoms with Crippen molar-refractivity contribution in [2.75, 3.05) is 5.75 Å². The first-order valence-corrected chi connectivity index (χ1v) is 9.90. The summed E-state index contributed by atoms with van der Waals surface area (Å²) in [6.07, 6.45) is 2.07. The van der Waals surface area contributed by atoms with Gasteiger partial charge in [-0.1, -0.05) is 38.8 Å². The fourth-order valence-corrected chi connectivity index (χ4v) is 5.05. The number of halogens is 2. The first kappa shape index (κ1) is 24.5. The Morgan fingerprint density at radius 3 is 2.15 bits per heavy atom. The SMILES string of the molecule is CCCC(CCC)S(=O)(=O)C[C@@](N)(C(N)=O)C(=O)c1cccc(F)c1.Cl. The van der Waals surface area contributed by atoms with Gasteiger partial charge in [-0.05, 0) is 25.0 Å². The fourth-order valence-electron chi connectivity index (χ4n) is 2.72. The van der Waals surface area contributed by atoms with E-state index in [1.807, 2.05) is 13.8 Å². The number of sulfone groups is 1. The topological polar surface area (TPSA) is 120 Å². The van der Waals surface area contributed by atoms with Crippen molar-refractivity contribution in [3.05, 3.63) is 35.6 Å². The molecule has 1 rings (SSSR count). The highest BCUT2D eigenvalue weighted by Gasteiger charge is 2.46. The molecular weight excluding hydrogens is 383 g/mol. The minimum atomic E-state index is -3.85. The monoisotopic (exact) mass is 408 g/mol. The molecule has 1 aromatic rings. The van der Waals surface area contributed by atoms with Gasteiger partial charge in [0.1, 0.15) is 5.82 Å². The van der Waals surface area contributed by atoms with Gasteiger partial charge in [-0.25, -0.2) is 12.8 Å². The van der Waals surface area contributed by atoms with Gasteiger partial charge in [0.2, 0.25) is 5.91 Å². The number of nitrogens with two attached hydrogens (primary N) is 2. The number of carbonyl (C=O) groups excluding carboxylic acids is 2. The molecule has 1 atom stereocenters. The number of benzene rings is 1. The van der Waals surface area contributed by atoms with E-state index in [1.165, 1.54) is 12.1 Å². The summed E-state index contributed by atoms with van der Waals surface area (Å²) in [7, 11) is -3.85. The predicted molar refractivity (Wildman–Crippen MR) is 101 cm³/mol. The number of carbonyl (C=O) groups is 2. The highest BCUT2D eigenvalue weighted by atomic mass is 35.5. The third-order valence-corrected chi connectivity index (χ3v) is 6.43. The van der Waals surface area contributed by atoms with Gasteiger partial charge in [0.25, 0.3) is 0 Å². The zero-order chi connectivity index (χ0) is 19.3.